The summed E-state index contributed by atoms with van der Waals surface area (Å²) in [5, 5.41) is 0. The molecule has 2 fully saturated rings. The molecule has 4 rings (SSSR count). The first kappa shape index (κ1) is 16.1. The van der Waals surface area contributed by atoms with E-state index >= 15 is 0 Å². The van der Waals surface area contributed by atoms with E-state index in [0.717, 1.165) is 43.7 Å². The van der Waals surface area contributed by atoms with Gasteiger partial charge in [-0.3, -0.25) is 9.69 Å². The fraction of sp³-hybridized carbons (Fsp3) is 0.444. The number of rotatable bonds is 3. The standard InChI is InChI=1S/C18H20N2O2S2/c21-17-16(24-18(23)20(17)11-14-7-4-10-22-14)12-19-9-3-6-13-5-1-2-8-15(13)19/h1-2,5,8,12,14H,3-4,6-7,9-11H2/b16-12-. The highest BCUT2D eigenvalue weighted by molar-refractivity contribution is 8.26. The second-order valence-electron chi connectivity index (χ2n) is 6.34. The van der Waals surface area contributed by atoms with Crippen molar-refractivity contribution in [3.63, 3.8) is 0 Å². The van der Waals surface area contributed by atoms with Crippen molar-refractivity contribution in [1.29, 1.82) is 0 Å². The topological polar surface area (TPSA) is 32.8 Å². The molecule has 1 aromatic rings. The van der Waals surface area contributed by atoms with Gasteiger partial charge in [0.1, 0.15) is 4.32 Å². The Hall–Kier alpha value is -1.37. The highest BCUT2D eigenvalue weighted by Gasteiger charge is 2.35. The molecular weight excluding hydrogens is 340 g/mol. The van der Waals surface area contributed by atoms with Gasteiger partial charge in [0, 0.05) is 25.0 Å². The number of fused-ring (bicyclic) bond motifs is 1. The predicted molar refractivity (Wildman–Crippen MR) is 101 cm³/mol. The van der Waals surface area contributed by atoms with E-state index in [-0.39, 0.29) is 12.0 Å². The number of benzene rings is 1. The molecule has 0 aliphatic carbocycles. The zero-order valence-corrected chi connectivity index (χ0v) is 15.1. The lowest BCUT2D eigenvalue weighted by Crippen LogP contribution is -2.35. The van der Waals surface area contributed by atoms with Gasteiger partial charge in [0.2, 0.25) is 0 Å². The molecule has 3 aliphatic rings. The maximum Gasteiger partial charge on any atom is 0.267 e. The molecule has 0 bridgehead atoms. The zero-order chi connectivity index (χ0) is 16.5. The average Bonchev–Trinajstić information content (AvgIpc) is 3.20. The van der Waals surface area contributed by atoms with Gasteiger partial charge in [-0.2, -0.15) is 0 Å². The SMILES string of the molecule is O=C1/C(=C/N2CCCc3ccccc32)SC(=S)N1CC1CCCO1. The summed E-state index contributed by atoms with van der Waals surface area (Å²) in [4.78, 5) is 17.4. The maximum absolute atomic E-state index is 12.8. The molecule has 4 nitrogen and oxygen atoms in total. The summed E-state index contributed by atoms with van der Waals surface area (Å²) in [6, 6.07) is 8.41. The Morgan fingerprint density at radius 1 is 1.33 bits per heavy atom. The molecule has 0 radical (unpaired) electrons. The van der Waals surface area contributed by atoms with Crippen LogP contribution in [-0.2, 0) is 16.0 Å². The van der Waals surface area contributed by atoms with Crippen LogP contribution in [0.1, 0.15) is 24.8 Å². The van der Waals surface area contributed by atoms with Crippen molar-refractivity contribution < 1.29 is 9.53 Å². The Kier molecular flexibility index (Phi) is 4.61. The number of thiocarbonyl (C=S) groups is 1. The van der Waals surface area contributed by atoms with E-state index in [2.05, 4.69) is 23.1 Å². The number of thioether (sulfide) groups is 1. The second kappa shape index (κ2) is 6.86. The van der Waals surface area contributed by atoms with Gasteiger partial charge in [-0.25, -0.2) is 0 Å². The van der Waals surface area contributed by atoms with Crippen molar-refractivity contribution in [3.8, 4) is 0 Å². The summed E-state index contributed by atoms with van der Waals surface area (Å²) in [7, 11) is 0. The first-order chi connectivity index (χ1) is 11.7. The number of ether oxygens (including phenoxy) is 1. The lowest BCUT2D eigenvalue weighted by Gasteiger charge is -2.28. The fourth-order valence-corrected chi connectivity index (χ4v) is 4.74. The number of para-hydroxylation sites is 1. The Labute approximate surface area is 151 Å². The summed E-state index contributed by atoms with van der Waals surface area (Å²) < 4.78 is 6.30. The van der Waals surface area contributed by atoms with Crippen molar-refractivity contribution in [2.75, 3.05) is 24.6 Å². The molecule has 6 heteroatoms. The van der Waals surface area contributed by atoms with Gasteiger partial charge in [-0.05, 0) is 37.3 Å². The quantitative estimate of drug-likeness (QED) is 0.610. The lowest BCUT2D eigenvalue weighted by molar-refractivity contribution is -0.123. The summed E-state index contributed by atoms with van der Waals surface area (Å²) in [6.45, 7) is 2.31. The van der Waals surface area contributed by atoms with Gasteiger partial charge in [0.05, 0.1) is 17.6 Å². The smallest absolute Gasteiger partial charge is 0.267 e. The Morgan fingerprint density at radius 3 is 3.04 bits per heavy atom. The van der Waals surface area contributed by atoms with E-state index < -0.39 is 0 Å². The van der Waals surface area contributed by atoms with Crippen LogP contribution in [0.15, 0.2) is 35.4 Å². The van der Waals surface area contributed by atoms with Crippen LogP contribution >= 0.6 is 24.0 Å². The van der Waals surface area contributed by atoms with Crippen LogP contribution in [-0.4, -0.2) is 40.9 Å². The number of hydrogen-bond acceptors (Lipinski definition) is 5. The normalized spacial score (nSPS) is 25.7. The van der Waals surface area contributed by atoms with Gasteiger partial charge in [0.25, 0.3) is 5.91 Å². The van der Waals surface area contributed by atoms with Gasteiger partial charge >= 0.3 is 0 Å². The highest BCUT2D eigenvalue weighted by atomic mass is 32.2. The molecule has 1 aromatic carbocycles. The third-order valence-corrected chi connectivity index (χ3v) is 6.07. The van der Waals surface area contributed by atoms with Gasteiger partial charge in [0.15, 0.2) is 0 Å². The molecule has 3 aliphatic heterocycles. The van der Waals surface area contributed by atoms with Crippen molar-refractivity contribution in [2.24, 2.45) is 0 Å². The number of carbonyl (C=O) groups is 1. The van der Waals surface area contributed by atoms with E-state index in [4.69, 9.17) is 17.0 Å². The Morgan fingerprint density at radius 2 is 2.21 bits per heavy atom. The zero-order valence-electron chi connectivity index (χ0n) is 13.4. The predicted octanol–water partition coefficient (Wildman–Crippen LogP) is 3.32. The molecule has 0 spiro atoms. The van der Waals surface area contributed by atoms with E-state index in [1.807, 2.05) is 12.3 Å². The van der Waals surface area contributed by atoms with Gasteiger partial charge in [-0.15, -0.1) is 0 Å². The van der Waals surface area contributed by atoms with Crippen LogP contribution in [0.25, 0.3) is 0 Å². The van der Waals surface area contributed by atoms with Crippen molar-refractivity contribution in [1.82, 2.24) is 4.90 Å². The molecule has 0 aromatic heterocycles. The third-order valence-electron chi connectivity index (χ3n) is 4.70. The lowest BCUT2D eigenvalue weighted by atomic mass is 10.0. The largest absolute Gasteiger partial charge is 0.376 e. The highest BCUT2D eigenvalue weighted by Crippen LogP contribution is 2.35. The molecule has 2 saturated heterocycles. The van der Waals surface area contributed by atoms with Crippen LogP contribution in [0.3, 0.4) is 0 Å². The summed E-state index contributed by atoms with van der Waals surface area (Å²) in [6.07, 6.45) is 6.38. The van der Waals surface area contributed by atoms with E-state index in [1.165, 1.54) is 23.0 Å². The van der Waals surface area contributed by atoms with E-state index in [1.54, 1.807) is 4.90 Å². The minimum atomic E-state index is 0.0172. The summed E-state index contributed by atoms with van der Waals surface area (Å²) >= 11 is 6.83. The van der Waals surface area contributed by atoms with Crippen molar-refractivity contribution in [2.45, 2.75) is 31.8 Å². The van der Waals surface area contributed by atoms with Crippen LogP contribution in [0.4, 0.5) is 5.69 Å². The number of nitrogens with zero attached hydrogens (tertiary/aromatic N) is 2. The third kappa shape index (κ3) is 3.10. The summed E-state index contributed by atoms with van der Waals surface area (Å²) in [5.41, 5.74) is 2.54. The molecular formula is C18H20N2O2S2. The molecule has 3 heterocycles. The van der Waals surface area contributed by atoms with Crippen molar-refractivity contribution >= 4 is 39.9 Å². The number of hydrogen-bond donors (Lipinski definition) is 0. The number of aryl methyl sites for hydroxylation is 1. The molecule has 0 N–H and O–H groups in total. The van der Waals surface area contributed by atoms with Crippen LogP contribution in [0.2, 0.25) is 0 Å². The van der Waals surface area contributed by atoms with Crippen LogP contribution < -0.4 is 4.90 Å². The second-order valence-corrected chi connectivity index (χ2v) is 8.01. The van der Waals surface area contributed by atoms with Crippen LogP contribution in [0, 0.1) is 0 Å². The molecule has 126 valence electrons. The Balaban J connectivity index is 1.53. The molecule has 1 atom stereocenters. The number of amides is 1. The summed E-state index contributed by atoms with van der Waals surface area (Å²) in [5.74, 6) is 0.0172. The Bertz CT molecular complexity index is 698. The molecule has 1 amide bonds. The first-order valence-corrected chi connectivity index (χ1v) is 9.66. The molecule has 0 saturated carbocycles. The molecule has 1 unspecified atom stereocenters. The van der Waals surface area contributed by atoms with Gasteiger partial charge < -0.3 is 9.64 Å². The number of anilines is 1. The first-order valence-electron chi connectivity index (χ1n) is 8.44. The minimum absolute atomic E-state index is 0.0172. The number of carbonyl (C=O) groups excluding carboxylic acids is 1. The maximum atomic E-state index is 12.8. The van der Waals surface area contributed by atoms with Gasteiger partial charge in [-0.1, -0.05) is 42.2 Å². The van der Waals surface area contributed by atoms with Crippen molar-refractivity contribution in [3.05, 3.63) is 40.9 Å². The minimum Gasteiger partial charge on any atom is -0.376 e. The fourth-order valence-electron chi connectivity index (χ4n) is 3.48. The van der Waals surface area contributed by atoms with E-state index in [0.29, 0.717) is 10.9 Å². The monoisotopic (exact) mass is 360 g/mol. The molecule has 24 heavy (non-hydrogen) atoms. The average molecular weight is 361 g/mol. The van der Waals surface area contributed by atoms with Crippen LogP contribution in [0.5, 0.6) is 0 Å². The van der Waals surface area contributed by atoms with E-state index in [9.17, 15) is 4.79 Å².